The van der Waals surface area contributed by atoms with E-state index in [2.05, 4.69) is 0 Å². The van der Waals surface area contributed by atoms with Crippen LogP contribution in [-0.4, -0.2) is 0 Å². The lowest BCUT2D eigenvalue weighted by molar-refractivity contribution is -0.178. The van der Waals surface area contributed by atoms with E-state index in [1.54, 1.807) is 0 Å². The Morgan fingerprint density at radius 1 is 0.234 bits per heavy atom. The molecule has 0 aromatic heterocycles. The predicted molar refractivity (Wildman–Crippen MR) is 96.9 cm³/mol. The summed E-state index contributed by atoms with van der Waals surface area (Å²) < 4.78 is 356. The van der Waals surface area contributed by atoms with Gasteiger partial charge in [-0.2, -0.15) is 105 Å². The summed E-state index contributed by atoms with van der Waals surface area (Å²) in [6.07, 6.45) is -59.1. The summed E-state index contributed by atoms with van der Waals surface area (Å²) in [7, 11) is 0. The van der Waals surface area contributed by atoms with Gasteiger partial charge >= 0.3 is 49.4 Å². The van der Waals surface area contributed by atoms with Crippen LogP contribution >= 0.6 is 11.8 Å². The minimum absolute atomic E-state index is 3.07. The Labute approximate surface area is 242 Å². The summed E-state index contributed by atoms with van der Waals surface area (Å²) in [4.78, 5) is -8.56. The maximum atomic E-state index is 14.4. The number of rotatable bonds is 2. The molecule has 0 aliphatic rings. The van der Waals surface area contributed by atoms with E-state index >= 15 is 0 Å². The Bertz CT molecular complexity index is 1310. The van der Waals surface area contributed by atoms with Gasteiger partial charge in [-0.05, 0) is 0 Å². The van der Waals surface area contributed by atoms with Crippen molar-refractivity contribution in [2.75, 3.05) is 0 Å². The van der Waals surface area contributed by atoms with Gasteiger partial charge in [-0.25, -0.2) is 8.78 Å². The lowest BCUT2D eigenvalue weighted by atomic mass is 9.94. The fraction of sp³-hybridized carbons (Fsp3) is 0.400. The fourth-order valence-electron chi connectivity index (χ4n) is 3.85. The molecule has 0 spiro atoms. The largest absolute Gasteiger partial charge is 0.419 e. The summed E-state index contributed by atoms with van der Waals surface area (Å²) in [5.74, 6) is -9.13. The molecule has 0 amide bonds. The summed E-state index contributed by atoms with van der Waals surface area (Å²) in [5.41, 5.74) is -36.5. The van der Waals surface area contributed by atoms with Gasteiger partial charge in [0.25, 0.3) is 0 Å². The molecule has 0 heterocycles. The highest BCUT2D eigenvalue weighted by Crippen LogP contribution is 2.60. The average molecular weight is 766 g/mol. The Hall–Kier alpha value is -3.03. The van der Waals surface area contributed by atoms with Crippen molar-refractivity contribution in [2.45, 2.75) is 59.2 Å². The molecule has 0 radical (unpaired) electrons. The summed E-state index contributed by atoms with van der Waals surface area (Å²) in [5, 5.41) is 0. The molecule has 0 bridgehead atoms. The topological polar surface area (TPSA) is 0 Å². The first kappa shape index (κ1) is 40.1. The van der Waals surface area contributed by atoms with E-state index in [9.17, 15) is 114 Å². The lowest BCUT2D eigenvalue weighted by Crippen LogP contribution is -2.30. The van der Waals surface area contributed by atoms with Crippen LogP contribution in [0, 0.1) is 11.6 Å². The molecule has 27 heteroatoms. The second-order valence-electron chi connectivity index (χ2n) is 8.37. The predicted octanol–water partition coefficient (Wildman–Crippen LogP) is 12.3. The van der Waals surface area contributed by atoms with E-state index in [0.29, 0.717) is 0 Å². The van der Waals surface area contributed by atoms with Crippen LogP contribution in [0.3, 0.4) is 0 Å². The molecule has 0 saturated carbocycles. The molecule has 0 nitrogen and oxygen atoms in total. The van der Waals surface area contributed by atoms with Gasteiger partial charge in [0.1, 0.15) is 33.9 Å². The standard InChI is InChI=1S/C20F26S/c21-9-1(13(23,24)25)5(17(35,36)37)11(6(18(38,39)40)2(9)14(26,27)28)47-12-7(19(41,42)43)3(15(29,30)31)10(22)4(16(32,33)34)8(12)20(44,45)46. The van der Waals surface area contributed by atoms with Crippen molar-refractivity contribution in [3.05, 3.63) is 56.1 Å². The minimum Gasteiger partial charge on any atom is -0.206 e. The van der Waals surface area contributed by atoms with E-state index in [0.717, 1.165) is 0 Å². The monoisotopic (exact) mass is 766 g/mol. The maximum absolute atomic E-state index is 14.4. The number of hydrogen-bond acceptors (Lipinski definition) is 1. The number of alkyl halides is 24. The number of halogens is 26. The van der Waals surface area contributed by atoms with E-state index < -0.39 is 127 Å². The molecule has 2 aromatic carbocycles. The van der Waals surface area contributed by atoms with Crippen molar-refractivity contribution >= 4 is 11.8 Å². The van der Waals surface area contributed by atoms with Crippen molar-refractivity contribution in [1.82, 2.24) is 0 Å². The molecule has 0 fully saturated rings. The van der Waals surface area contributed by atoms with E-state index in [1.165, 1.54) is 0 Å². The molecule has 0 saturated heterocycles. The van der Waals surface area contributed by atoms with Crippen molar-refractivity contribution in [2.24, 2.45) is 0 Å². The quantitative estimate of drug-likeness (QED) is 0.274. The molecule has 0 N–H and O–H groups in total. The minimum atomic E-state index is -7.45. The Morgan fingerprint density at radius 2 is 0.362 bits per heavy atom. The molecule has 0 aliphatic carbocycles. The van der Waals surface area contributed by atoms with E-state index in [-0.39, 0.29) is 0 Å². The van der Waals surface area contributed by atoms with Gasteiger partial charge in [0.05, 0.1) is 22.3 Å². The second kappa shape index (κ2) is 11.3. The number of benzene rings is 2. The normalized spacial score (nSPS) is 14.7. The lowest BCUT2D eigenvalue weighted by Gasteiger charge is -2.30. The highest BCUT2D eigenvalue weighted by molar-refractivity contribution is 7.99. The van der Waals surface area contributed by atoms with Gasteiger partial charge < -0.3 is 0 Å². The summed E-state index contributed by atoms with van der Waals surface area (Å²) in [6, 6.07) is 0. The van der Waals surface area contributed by atoms with Crippen LogP contribution in [0.25, 0.3) is 0 Å². The highest BCUT2D eigenvalue weighted by Gasteiger charge is 2.60. The van der Waals surface area contributed by atoms with Crippen LogP contribution in [0.1, 0.15) is 44.5 Å². The van der Waals surface area contributed by atoms with Crippen molar-refractivity contribution in [1.29, 1.82) is 0 Å². The van der Waals surface area contributed by atoms with E-state index in [4.69, 9.17) is 0 Å². The van der Waals surface area contributed by atoms with Gasteiger partial charge in [-0.15, -0.1) is 0 Å². The molecule has 2 aromatic rings. The zero-order valence-corrected chi connectivity index (χ0v) is 21.1. The molecule has 0 atom stereocenters. The van der Waals surface area contributed by atoms with Gasteiger partial charge in [0.2, 0.25) is 0 Å². The third kappa shape index (κ3) is 7.67. The number of hydrogen-bond donors (Lipinski definition) is 0. The highest BCUT2D eigenvalue weighted by atomic mass is 32.2. The Morgan fingerprint density at radius 3 is 0.468 bits per heavy atom. The van der Waals surface area contributed by atoms with Gasteiger partial charge in [0, 0.05) is 9.79 Å². The fourth-order valence-corrected chi connectivity index (χ4v) is 5.33. The van der Waals surface area contributed by atoms with Crippen LogP contribution in [-0.2, 0) is 49.4 Å². The molecular formula is C20F26S. The molecule has 268 valence electrons. The maximum Gasteiger partial charge on any atom is 0.419 e. The molecule has 2 rings (SSSR count). The summed E-state index contributed by atoms with van der Waals surface area (Å²) >= 11 is -3.07. The van der Waals surface area contributed by atoms with E-state index in [1.807, 2.05) is 0 Å². The van der Waals surface area contributed by atoms with Crippen molar-refractivity contribution in [3.63, 3.8) is 0 Å². The van der Waals surface area contributed by atoms with Gasteiger partial charge in [-0.1, -0.05) is 11.8 Å². The van der Waals surface area contributed by atoms with Crippen LogP contribution in [0.15, 0.2) is 9.79 Å². The first-order chi connectivity index (χ1) is 20.3. The van der Waals surface area contributed by atoms with Crippen molar-refractivity contribution in [3.8, 4) is 0 Å². The SMILES string of the molecule is Fc1c(C(F)(F)F)c(C(F)(F)F)c(Sc2c(C(F)(F)F)c(C(F)(F)F)c(F)c(C(F)(F)F)c2C(F)(F)F)c(C(F)(F)F)c1C(F)(F)F. The Kier molecular flexibility index (Phi) is 9.62. The molecule has 0 aliphatic heterocycles. The van der Waals surface area contributed by atoms with Crippen molar-refractivity contribution < 1.29 is 114 Å². The average Bonchev–Trinajstić information content (AvgIpc) is 2.73. The van der Waals surface area contributed by atoms with Crippen LogP contribution in [0.5, 0.6) is 0 Å². The first-order valence-electron chi connectivity index (χ1n) is 10.3. The smallest absolute Gasteiger partial charge is 0.206 e. The first-order valence-corrected chi connectivity index (χ1v) is 11.1. The van der Waals surface area contributed by atoms with Crippen LogP contribution in [0.2, 0.25) is 0 Å². The van der Waals surface area contributed by atoms with Crippen LogP contribution in [0.4, 0.5) is 114 Å². The zero-order chi connectivity index (χ0) is 37.6. The van der Waals surface area contributed by atoms with Crippen LogP contribution < -0.4 is 0 Å². The molecule has 0 unspecified atom stereocenters. The molecule has 47 heavy (non-hydrogen) atoms. The Balaban J connectivity index is 3.74. The summed E-state index contributed by atoms with van der Waals surface area (Å²) in [6.45, 7) is 0. The molecular weight excluding hydrogens is 766 g/mol. The third-order valence-electron chi connectivity index (χ3n) is 5.26. The third-order valence-corrected chi connectivity index (χ3v) is 6.48. The van der Waals surface area contributed by atoms with Gasteiger partial charge in [-0.3, -0.25) is 0 Å². The second-order valence-corrected chi connectivity index (χ2v) is 9.39. The zero-order valence-electron chi connectivity index (χ0n) is 20.2. The van der Waals surface area contributed by atoms with Gasteiger partial charge in [0.15, 0.2) is 0 Å².